The number of anilines is 1. The van der Waals surface area contributed by atoms with Gasteiger partial charge in [-0.15, -0.1) is 0 Å². The standard InChI is InChI=1S/C13H16BrN3O2S/c1-4-17-10(3)13(8-15-17)20(18,19)16-12-6-5-11(14)7-9(12)2/h5-8,16H,4H2,1-3H3. The molecule has 108 valence electrons. The van der Waals surface area contributed by atoms with Crippen LogP contribution in [0.1, 0.15) is 18.2 Å². The topological polar surface area (TPSA) is 64.0 Å². The summed E-state index contributed by atoms with van der Waals surface area (Å²) in [6.07, 6.45) is 1.38. The van der Waals surface area contributed by atoms with Crippen LogP contribution in [0.25, 0.3) is 0 Å². The normalized spacial score (nSPS) is 11.6. The fourth-order valence-electron chi connectivity index (χ4n) is 1.95. The van der Waals surface area contributed by atoms with Gasteiger partial charge in [-0.2, -0.15) is 5.10 Å². The second kappa shape index (κ2) is 5.57. The van der Waals surface area contributed by atoms with Gasteiger partial charge in [0.2, 0.25) is 0 Å². The van der Waals surface area contributed by atoms with Crippen molar-refractivity contribution >= 4 is 31.6 Å². The van der Waals surface area contributed by atoms with Crippen molar-refractivity contribution in [2.24, 2.45) is 0 Å². The molecule has 0 spiro atoms. The third-order valence-corrected chi connectivity index (χ3v) is 5.04. The third-order valence-electron chi connectivity index (χ3n) is 3.08. The van der Waals surface area contributed by atoms with E-state index < -0.39 is 10.0 Å². The number of nitrogens with one attached hydrogen (secondary N) is 1. The van der Waals surface area contributed by atoms with Crippen LogP contribution < -0.4 is 4.72 Å². The lowest BCUT2D eigenvalue weighted by Crippen LogP contribution is -2.14. The average molecular weight is 358 g/mol. The largest absolute Gasteiger partial charge is 0.279 e. The monoisotopic (exact) mass is 357 g/mol. The van der Waals surface area contributed by atoms with E-state index >= 15 is 0 Å². The number of aryl methyl sites for hydroxylation is 2. The van der Waals surface area contributed by atoms with Gasteiger partial charge in [-0.25, -0.2) is 8.42 Å². The van der Waals surface area contributed by atoms with Crippen molar-refractivity contribution in [1.29, 1.82) is 0 Å². The maximum Gasteiger partial charge on any atom is 0.265 e. The molecule has 2 rings (SSSR count). The fourth-order valence-corrected chi connectivity index (χ4v) is 3.74. The Bertz CT molecular complexity index is 738. The number of aromatic nitrogens is 2. The first kappa shape index (κ1) is 15.1. The minimum absolute atomic E-state index is 0.210. The predicted molar refractivity (Wildman–Crippen MR) is 82.3 cm³/mol. The highest BCUT2D eigenvalue weighted by Gasteiger charge is 2.21. The summed E-state index contributed by atoms with van der Waals surface area (Å²) in [7, 11) is -3.62. The molecule has 0 aliphatic rings. The number of benzene rings is 1. The van der Waals surface area contributed by atoms with Gasteiger partial charge < -0.3 is 0 Å². The Balaban J connectivity index is 2.38. The predicted octanol–water partition coefficient (Wildman–Crippen LogP) is 3.08. The number of sulfonamides is 1. The van der Waals surface area contributed by atoms with Crippen LogP contribution in [0.5, 0.6) is 0 Å². The van der Waals surface area contributed by atoms with Gasteiger partial charge in [-0.1, -0.05) is 15.9 Å². The molecule has 0 aliphatic carbocycles. The van der Waals surface area contributed by atoms with E-state index in [1.807, 2.05) is 19.9 Å². The second-order valence-electron chi connectivity index (χ2n) is 4.47. The number of halogens is 1. The number of hydrogen-bond acceptors (Lipinski definition) is 3. The Morgan fingerprint density at radius 1 is 1.35 bits per heavy atom. The van der Waals surface area contributed by atoms with Crippen LogP contribution in [0.2, 0.25) is 0 Å². The molecule has 0 atom stereocenters. The van der Waals surface area contributed by atoms with Crippen LogP contribution in [0.4, 0.5) is 5.69 Å². The van der Waals surface area contributed by atoms with E-state index in [0.29, 0.717) is 17.9 Å². The Morgan fingerprint density at radius 3 is 2.60 bits per heavy atom. The Morgan fingerprint density at radius 2 is 2.05 bits per heavy atom. The van der Waals surface area contributed by atoms with Crippen LogP contribution >= 0.6 is 15.9 Å². The van der Waals surface area contributed by atoms with Gasteiger partial charge in [0.25, 0.3) is 10.0 Å². The molecule has 0 radical (unpaired) electrons. The van der Waals surface area contributed by atoms with Gasteiger partial charge in [0, 0.05) is 11.0 Å². The van der Waals surface area contributed by atoms with Crippen LogP contribution in [0.3, 0.4) is 0 Å². The summed E-state index contributed by atoms with van der Waals surface area (Å²) in [5, 5.41) is 4.07. The number of hydrogen-bond donors (Lipinski definition) is 1. The minimum atomic E-state index is -3.62. The highest BCUT2D eigenvalue weighted by atomic mass is 79.9. The zero-order valence-electron chi connectivity index (χ0n) is 11.5. The molecule has 0 aliphatic heterocycles. The van der Waals surface area contributed by atoms with Gasteiger partial charge in [0.15, 0.2) is 0 Å². The van der Waals surface area contributed by atoms with Crippen molar-refractivity contribution in [1.82, 2.24) is 9.78 Å². The lowest BCUT2D eigenvalue weighted by molar-refractivity contribution is 0.598. The molecule has 1 heterocycles. The maximum absolute atomic E-state index is 12.4. The molecule has 0 amide bonds. The SMILES string of the molecule is CCn1ncc(S(=O)(=O)Nc2ccc(Br)cc2C)c1C. The van der Waals surface area contributed by atoms with Gasteiger partial charge >= 0.3 is 0 Å². The molecule has 0 saturated carbocycles. The van der Waals surface area contributed by atoms with E-state index in [-0.39, 0.29) is 4.90 Å². The molecule has 1 N–H and O–H groups in total. The van der Waals surface area contributed by atoms with Gasteiger partial charge in [0.1, 0.15) is 4.90 Å². The first-order chi connectivity index (χ1) is 9.35. The van der Waals surface area contributed by atoms with Crippen LogP contribution in [-0.4, -0.2) is 18.2 Å². The summed E-state index contributed by atoms with van der Waals surface area (Å²) in [5.41, 5.74) is 2.05. The summed E-state index contributed by atoms with van der Waals surface area (Å²) in [6, 6.07) is 5.39. The summed E-state index contributed by atoms with van der Waals surface area (Å²) < 4.78 is 30.0. The van der Waals surface area contributed by atoms with Crippen LogP contribution in [0, 0.1) is 13.8 Å². The number of nitrogens with zero attached hydrogens (tertiary/aromatic N) is 2. The molecule has 0 fully saturated rings. The quantitative estimate of drug-likeness (QED) is 0.914. The first-order valence-corrected chi connectivity index (χ1v) is 8.44. The second-order valence-corrected chi connectivity index (χ2v) is 7.04. The molecular formula is C13H16BrN3O2S. The molecule has 2 aromatic rings. The lowest BCUT2D eigenvalue weighted by Gasteiger charge is -2.10. The molecule has 1 aromatic heterocycles. The molecular weight excluding hydrogens is 342 g/mol. The summed E-state index contributed by atoms with van der Waals surface area (Å²) in [5.74, 6) is 0. The van der Waals surface area contributed by atoms with Crippen molar-refractivity contribution in [3.8, 4) is 0 Å². The zero-order valence-corrected chi connectivity index (χ0v) is 13.9. The van der Waals surface area contributed by atoms with Gasteiger partial charge in [-0.05, 0) is 44.5 Å². The first-order valence-electron chi connectivity index (χ1n) is 6.16. The van der Waals surface area contributed by atoms with Crippen LogP contribution in [0.15, 0.2) is 33.8 Å². The van der Waals surface area contributed by atoms with E-state index in [4.69, 9.17) is 0 Å². The smallest absolute Gasteiger partial charge is 0.265 e. The molecule has 20 heavy (non-hydrogen) atoms. The maximum atomic E-state index is 12.4. The lowest BCUT2D eigenvalue weighted by atomic mass is 10.2. The Hall–Kier alpha value is -1.34. The van der Waals surface area contributed by atoms with Crippen molar-refractivity contribution in [3.63, 3.8) is 0 Å². The van der Waals surface area contributed by atoms with Crippen molar-refractivity contribution in [2.45, 2.75) is 32.2 Å². The Labute approximate surface area is 127 Å². The summed E-state index contributed by atoms with van der Waals surface area (Å²) >= 11 is 3.35. The third kappa shape index (κ3) is 2.88. The summed E-state index contributed by atoms with van der Waals surface area (Å²) in [4.78, 5) is 0.210. The molecule has 0 saturated heterocycles. The average Bonchev–Trinajstić information content (AvgIpc) is 2.74. The number of rotatable bonds is 4. The van der Waals surface area contributed by atoms with Crippen molar-refractivity contribution in [3.05, 3.63) is 40.1 Å². The van der Waals surface area contributed by atoms with Gasteiger partial charge in [-0.3, -0.25) is 9.40 Å². The summed E-state index contributed by atoms with van der Waals surface area (Å²) in [6.45, 7) is 6.16. The zero-order chi connectivity index (χ0) is 14.9. The van der Waals surface area contributed by atoms with E-state index in [9.17, 15) is 8.42 Å². The molecule has 7 heteroatoms. The van der Waals surface area contributed by atoms with E-state index in [0.717, 1.165) is 10.0 Å². The van der Waals surface area contributed by atoms with E-state index in [1.165, 1.54) is 6.20 Å². The minimum Gasteiger partial charge on any atom is -0.279 e. The van der Waals surface area contributed by atoms with E-state index in [2.05, 4.69) is 25.8 Å². The molecule has 5 nitrogen and oxygen atoms in total. The van der Waals surface area contributed by atoms with Crippen LogP contribution in [-0.2, 0) is 16.6 Å². The van der Waals surface area contributed by atoms with Crippen molar-refractivity contribution < 1.29 is 8.42 Å². The fraction of sp³-hybridized carbons (Fsp3) is 0.308. The molecule has 1 aromatic carbocycles. The van der Waals surface area contributed by atoms with Crippen molar-refractivity contribution in [2.75, 3.05) is 4.72 Å². The Kier molecular flexibility index (Phi) is 4.19. The van der Waals surface area contributed by atoms with E-state index in [1.54, 1.807) is 23.7 Å². The highest BCUT2D eigenvalue weighted by molar-refractivity contribution is 9.10. The van der Waals surface area contributed by atoms with Gasteiger partial charge in [0.05, 0.1) is 17.6 Å². The highest BCUT2D eigenvalue weighted by Crippen LogP contribution is 2.24. The molecule has 0 unspecified atom stereocenters. The molecule has 0 bridgehead atoms.